The van der Waals surface area contributed by atoms with E-state index in [0.29, 0.717) is 10.9 Å². The number of pyridine rings is 1. The fraction of sp³-hybridized carbons (Fsp3) is 0.308. The lowest BCUT2D eigenvalue weighted by Crippen LogP contribution is -2.15. The largest absolute Gasteiger partial charge is 0.417 e. The number of aromatic nitrogens is 1. The van der Waals surface area contributed by atoms with Gasteiger partial charge in [0.1, 0.15) is 0 Å². The van der Waals surface area contributed by atoms with E-state index < -0.39 is 17.3 Å². The molecule has 2 nitrogen and oxygen atoms in total. The fourth-order valence-electron chi connectivity index (χ4n) is 2.04. The van der Waals surface area contributed by atoms with Crippen molar-refractivity contribution < 1.29 is 13.2 Å². The fourth-order valence-corrected chi connectivity index (χ4v) is 2.04. The second kappa shape index (κ2) is 4.15. The van der Waals surface area contributed by atoms with Crippen LogP contribution in [0.4, 0.5) is 13.2 Å². The highest BCUT2D eigenvalue weighted by Crippen LogP contribution is 2.34. The Bertz CT molecular complexity index is 641. The minimum atomic E-state index is -4.53. The number of hydrogen-bond acceptors (Lipinski definition) is 1. The number of benzene rings is 1. The number of fused-ring (bicyclic) bond motifs is 1. The third-order valence-corrected chi connectivity index (χ3v) is 2.89. The molecule has 1 N–H and O–H groups in total. The Labute approximate surface area is 101 Å². The first kappa shape index (κ1) is 12.7. The van der Waals surface area contributed by atoms with Gasteiger partial charge in [0.25, 0.3) is 5.56 Å². The summed E-state index contributed by atoms with van der Waals surface area (Å²) in [7, 11) is 0. The zero-order valence-electron chi connectivity index (χ0n) is 9.93. The summed E-state index contributed by atoms with van der Waals surface area (Å²) in [6, 6.07) is 3.81. The summed E-state index contributed by atoms with van der Waals surface area (Å²) in [5.74, 6) is 0.0350. The quantitative estimate of drug-likeness (QED) is 0.828. The van der Waals surface area contributed by atoms with E-state index in [9.17, 15) is 18.0 Å². The second-order valence-corrected chi connectivity index (χ2v) is 4.45. The number of nitrogens with one attached hydrogen (secondary N) is 1. The van der Waals surface area contributed by atoms with Crippen LogP contribution in [0.5, 0.6) is 0 Å². The van der Waals surface area contributed by atoms with Crippen LogP contribution >= 0.6 is 0 Å². The molecule has 0 radical (unpaired) electrons. The van der Waals surface area contributed by atoms with Crippen molar-refractivity contribution in [1.82, 2.24) is 4.98 Å². The normalized spacial score (nSPS) is 12.3. The molecule has 1 aromatic carbocycles. The summed E-state index contributed by atoms with van der Waals surface area (Å²) in [5, 5.41) is 0.0831. The first-order valence-electron chi connectivity index (χ1n) is 5.54. The zero-order chi connectivity index (χ0) is 13.5. The van der Waals surface area contributed by atoms with E-state index in [4.69, 9.17) is 0 Å². The summed E-state index contributed by atoms with van der Waals surface area (Å²) in [6.07, 6.45) is -3.04. The Hall–Kier alpha value is -1.78. The van der Waals surface area contributed by atoms with Gasteiger partial charge in [0, 0.05) is 6.20 Å². The Kier molecular flexibility index (Phi) is 2.92. The molecular formula is C13H12F3NO. The van der Waals surface area contributed by atoms with Crippen LogP contribution in [0.3, 0.4) is 0 Å². The van der Waals surface area contributed by atoms with Gasteiger partial charge in [-0.05, 0) is 22.9 Å². The number of aromatic amines is 1. The molecule has 0 saturated carbocycles. The smallest absolute Gasteiger partial charge is 0.328 e. The van der Waals surface area contributed by atoms with Gasteiger partial charge in [0.15, 0.2) is 0 Å². The van der Waals surface area contributed by atoms with Crippen LogP contribution in [0.15, 0.2) is 29.2 Å². The monoisotopic (exact) mass is 255 g/mol. The van der Waals surface area contributed by atoms with E-state index in [2.05, 4.69) is 4.98 Å². The predicted molar refractivity (Wildman–Crippen MR) is 63.7 cm³/mol. The van der Waals surface area contributed by atoms with E-state index in [1.54, 1.807) is 6.07 Å². The molecular weight excluding hydrogens is 243 g/mol. The van der Waals surface area contributed by atoms with Crippen LogP contribution < -0.4 is 5.56 Å². The summed E-state index contributed by atoms with van der Waals surface area (Å²) in [5.41, 5.74) is -0.887. The molecule has 0 aliphatic carbocycles. The summed E-state index contributed by atoms with van der Waals surface area (Å²) < 4.78 is 38.6. The maximum absolute atomic E-state index is 12.9. The van der Waals surface area contributed by atoms with Crippen molar-refractivity contribution in [3.05, 3.63) is 45.9 Å². The molecule has 18 heavy (non-hydrogen) atoms. The van der Waals surface area contributed by atoms with Crippen LogP contribution in [0.2, 0.25) is 0 Å². The molecule has 96 valence electrons. The molecule has 5 heteroatoms. The van der Waals surface area contributed by atoms with Crippen molar-refractivity contribution >= 4 is 10.8 Å². The van der Waals surface area contributed by atoms with Crippen LogP contribution in [0, 0.1) is 0 Å². The SMILES string of the molecule is CC(C)c1c[nH]c(=O)c2c(C(F)(F)F)cccc12. The lowest BCUT2D eigenvalue weighted by atomic mass is 9.96. The summed E-state index contributed by atoms with van der Waals surface area (Å²) in [6.45, 7) is 3.74. The average molecular weight is 255 g/mol. The molecule has 2 rings (SSSR count). The van der Waals surface area contributed by atoms with Gasteiger partial charge in [-0.25, -0.2) is 0 Å². The first-order chi connectivity index (χ1) is 8.32. The highest BCUT2D eigenvalue weighted by molar-refractivity contribution is 5.88. The van der Waals surface area contributed by atoms with Crippen molar-refractivity contribution in [2.45, 2.75) is 25.9 Å². The molecule has 2 aromatic rings. The van der Waals surface area contributed by atoms with Gasteiger partial charge in [0.05, 0.1) is 10.9 Å². The van der Waals surface area contributed by atoms with E-state index in [-0.39, 0.29) is 11.3 Å². The number of H-pyrrole nitrogens is 1. The highest BCUT2D eigenvalue weighted by Gasteiger charge is 2.33. The van der Waals surface area contributed by atoms with Crippen molar-refractivity contribution in [2.24, 2.45) is 0 Å². The van der Waals surface area contributed by atoms with Crippen LogP contribution in [0.1, 0.15) is 30.9 Å². The topological polar surface area (TPSA) is 32.9 Å². The van der Waals surface area contributed by atoms with E-state index in [0.717, 1.165) is 6.07 Å². The number of halogens is 3. The molecule has 0 aliphatic rings. The lowest BCUT2D eigenvalue weighted by molar-refractivity contribution is -0.136. The summed E-state index contributed by atoms with van der Waals surface area (Å²) in [4.78, 5) is 14.0. The average Bonchev–Trinajstić information content (AvgIpc) is 2.27. The first-order valence-corrected chi connectivity index (χ1v) is 5.54. The highest BCUT2D eigenvalue weighted by atomic mass is 19.4. The van der Waals surface area contributed by atoms with Gasteiger partial charge in [-0.3, -0.25) is 4.79 Å². The van der Waals surface area contributed by atoms with Gasteiger partial charge >= 0.3 is 6.18 Å². The van der Waals surface area contributed by atoms with Gasteiger partial charge < -0.3 is 4.98 Å². The molecule has 0 atom stereocenters. The van der Waals surface area contributed by atoms with Crippen molar-refractivity contribution in [3.63, 3.8) is 0 Å². The third-order valence-electron chi connectivity index (χ3n) is 2.89. The van der Waals surface area contributed by atoms with Crippen LogP contribution in [0.25, 0.3) is 10.8 Å². The molecule has 1 aromatic heterocycles. The Morgan fingerprint density at radius 3 is 2.44 bits per heavy atom. The summed E-state index contributed by atoms with van der Waals surface area (Å²) >= 11 is 0. The van der Waals surface area contributed by atoms with Gasteiger partial charge in [-0.15, -0.1) is 0 Å². The molecule has 0 amide bonds. The minimum Gasteiger partial charge on any atom is -0.328 e. The Balaban J connectivity index is 2.94. The third kappa shape index (κ3) is 2.00. The van der Waals surface area contributed by atoms with Gasteiger partial charge in [-0.1, -0.05) is 26.0 Å². The minimum absolute atomic E-state index is 0.0350. The van der Waals surface area contributed by atoms with E-state index in [1.165, 1.54) is 12.3 Å². The van der Waals surface area contributed by atoms with Crippen molar-refractivity contribution in [1.29, 1.82) is 0 Å². The van der Waals surface area contributed by atoms with E-state index >= 15 is 0 Å². The number of rotatable bonds is 1. The maximum Gasteiger partial charge on any atom is 0.417 e. The van der Waals surface area contributed by atoms with Crippen LogP contribution in [-0.4, -0.2) is 4.98 Å². The van der Waals surface area contributed by atoms with Gasteiger partial charge in [-0.2, -0.15) is 13.2 Å². The van der Waals surface area contributed by atoms with E-state index in [1.807, 2.05) is 13.8 Å². The number of hydrogen-bond donors (Lipinski definition) is 1. The molecule has 1 heterocycles. The molecule has 0 fully saturated rings. The molecule has 0 saturated heterocycles. The van der Waals surface area contributed by atoms with Crippen LogP contribution in [-0.2, 0) is 6.18 Å². The van der Waals surface area contributed by atoms with Gasteiger partial charge in [0.2, 0.25) is 0 Å². The number of alkyl halides is 3. The van der Waals surface area contributed by atoms with Crippen molar-refractivity contribution in [2.75, 3.05) is 0 Å². The zero-order valence-corrected chi connectivity index (χ0v) is 9.93. The van der Waals surface area contributed by atoms with Crippen molar-refractivity contribution in [3.8, 4) is 0 Å². The Morgan fingerprint density at radius 1 is 1.22 bits per heavy atom. The molecule has 0 unspecified atom stereocenters. The predicted octanol–water partition coefficient (Wildman–Crippen LogP) is 3.67. The standard InChI is InChI=1S/C13H12F3NO/c1-7(2)9-6-17-12(18)11-8(9)4-3-5-10(11)13(14,15)16/h3-7H,1-2H3,(H,17,18). The Morgan fingerprint density at radius 2 is 1.89 bits per heavy atom. The molecule has 0 aliphatic heterocycles. The maximum atomic E-state index is 12.9. The molecule has 0 spiro atoms. The lowest BCUT2D eigenvalue weighted by Gasteiger charge is -2.13. The molecule has 0 bridgehead atoms. The second-order valence-electron chi connectivity index (χ2n) is 4.45.